The van der Waals surface area contributed by atoms with Crippen LogP contribution in [0.1, 0.15) is 13.8 Å². The molecule has 0 atom stereocenters. The van der Waals surface area contributed by atoms with E-state index in [1.807, 2.05) is 0 Å². The average Bonchev–Trinajstić information content (AvgIpc) is 2.01. The largest absolute Gasteiger partial charge is 0.480 e. The maximum atomic E-state index is 11.9. The molecule has 0 saturated heterocycles. The van der Waals surface area contributed by atoms with Gasteiger partial charge in [0.05, 0.1) is 6.54 Å². The molecule has 0 radical (unpaired) electrons. The smallest absolute Gasteiger partial charge is 0.328 e. The van der Waals surface area contributed by atoms with Crippen LogP contribution in [0, 0.1) is 0 Å². The summed E-state index contributed by atoms with van der Waals surface area (Å²) in [4.78, 5) is 22.6. The molecule has 0 aliphatic carbocycles. The van der Waals surface area contributed by atoms with Crippen LogP contribution in [0.3, 0.4) is 0 Å². The van der Waals surface area contributed by atoms with Crippen LogP contribution in [-0.4, -0.2) is 47.6 Å². The van der Waals surface area contributed by atoms with Crippen LogP contribution in [-0.2, 0) is 4.79 Å². The normalized spacial score (nSPS) is 11.3. The van der Waals surface area contributed by atoms with Gasteiger partial charge in [0.1, 0.15) is 5.54 Å². The first-order chi connectivity index (χ1) is 6.66. The highest BCUT2D eigenvalue weighted by molar-refractivity contribution is 5.85. The molecular formula is C8H14F2N2O3. The summed E-state index contributed by atoms with van der Waals surface area (Å²) in [6.07, 6.45) is -2.64. The van der Waals surface area contributed by atoms with Gasteiger partial charge in [-0.25, -0.2) is 18.4 Å². The quantitative estimate of drug-likeness (QED) is 0.740. The molecule has 0 aliphatic heterocycles. The number of halogens is 2. The number of carbonyl (C=O) groups is 2. The molecule has 0 aromatic rings. The Morgan fingerprint density at radius 1 is 1.47 bits per heavy atom. The van der Waals surface area contributed by atoms with E-state index in [9.17, 15) is 18.4 Å². The summed E-state index contributed by atoms with van der Waals surface area (Å²) in [7, 11) is 1.17. The number of carboxylic acid groups (broad SMARTS) is 1. The number of carbonyl (C=O) groups excluding carboxylic acids is 1. The van der Waals surface area contributed by atoms with Gasteiger partial charge in [0.2, 0.25) is 0 Å². The van der Waals surface area contributed by atoms with E-state index in [-0.39, 0.29) is 0 Å². The third kappa shape index (κ3) is 4.57. The van der Waals surface area contributed by atoms with Crippen molar-refractivity contribution in [3.8, 4) is 0 Å². The third-order valence-electron chi connectivity index (χ3n) is 1.71. The Bertz CT molecular complexity index is 256. The zero-order valence-electron chi connectivity index (χ0n) is 8.75. The van der Waals surface area contributed by atoms with Gasteiger partial charge in [0.15, 0.2) is 0 Å². The zero-order chi connectivity index (χ0) is 12.2. The minimum absolute atomic E-state index is 0.732. The number of hydrogen-bond donors (Lipinski definition) is 2. The van der Waals surface area contributed by atoms with Crippen molar-refractivity contribution < 1.29 is 23.5 Å². The molecule has 0 unspecified atom stereocenters. The molecule has 2 amide bonds. The lowest BCUT2D eigenvalue weighted by molar-refractivity contribution is -0.143. The van der Waals surface area contributed by atoms with Crippen molar-refractivity contribution in [2.75, 3.05) is 13.6 Å². The molecule has 5 nitrogen and oxygen atoms in total. The number of alkyl halides is 2. The van der Waals surface area contributed by atoms with E-state index in [4.69, 9.17) is 5.11 Å². The van der Waals surface area contributed by atoms with Gasteiger partial charge in [-0.2, -0.15) is 0 Å². The van der Waals surface area contributed by atoms with Crippen molar-refractivity contribution in [1.29, 1.82) is 0 Å². The van der Waals surface area contributed by atoms with Crippen LogP contribution < -0.4 is 5.32 Å². The minimum Gasteiger partial charge on any atom is -0.480 e. The Kier molecular flexibility index (Phi) is 4.44. The van der Waals surface area contributed by atoms with Crippen LogP contribution in [0.5, 0.6) is 0 Å². The maximum absolute atomic E-state index is 11.9. The number of aliphatic carboxylic acids is 1. The first kappa shape index (κ1) is 13.6. The Labute approximate surface area is 86.1 Å². The van der Waals surface area contributed by atoms with Gasteiger partial charge in [0.25, 0.3) is 6.43 Å². The Morgan fingerprint density at radius 3 is 2.27 bits per heavy atom. The van der Waals surface area contributed by atoms with Crippen LogP contribution in [0.4, 0.5) is 13.6 Å². The van der Waals surface area contributed by atoms with E-state index < -0.39 is 30.5 Å². The first-order valence-electron chi connectivity index (χ1n) is 4.21. The molecule has 0 fully saturated rings. The molecule has 0 spiro atoms. The summed E-state index contributed by atoms with van der Waals surface area (Å²) in [6.45, 7) is 1.80. The fraction of sp³-hybridized carbons (Fsp3) is 0.750. The monoisotopic (exact) mass is 224 g/mol. The highest BCUT2D eigenvalue weighted by Gasteiger charge is 2.30. The molecule has 0 rings (SSSR count). The average molecular weight is 224 g/mol. The van der Waals surface area contributed by atoms with Gasteiger partial charge in [-0.15, -0.1) is 0 Å². The van der Waals surface area contributed by atoms with E-state index in [1.54, 1.807) is 0 Å². The number of carboxylic acids is 1. The van der Waals surface area contributed by atoms with Crippen molar-refractivity contribution in [3.05, 3.63) is 0 Å². The van der Waals surface area contributed by atoms with E-state index in [0.717, 1.165) is 4.90 Å². The van der Waals surface area contributed by atoms with Crippen molar-refractivity contribution in [1.82, 2.24) is 10.2 Å². The predicted octanol–water partition coefficient (Wildman–Crippen LogP) is 0.756. The number of hydrogen-bond acceptors (Lipinski definition) is 2. The molecule has 15 heavy (non-hydrogen) atoms. The molecule has 0 aromatic carbocycles. The standard InChI is InChI=1S/C8H14F2N2O3/c1-8(2,6(13)14)11-7(15)12(3)4-5(9)10/h5H,4H2,1-3H3,(H,11,15)(H,13,14). The van der Waals surface area contributed by atoms with E-state index in [2.05, 4.69) is 5.32 Å². The molecule has 0 bridgehead atoms. The number of nitrogens with one attached hydrogen (secondary N) is 1. The number of amides is 2. The molecule has 0 saturated carbocycles. The summed E-state index contributed by atoms with van der Waals surface area (Å²) in [6, 6.07) is -0.845. The number of rotatable bonds is 4. The van der Waals surface area contributed by atoms with E-state index in [1.165, 1.54) is 20.9 Å². The third-order valence-corrected chi connectivity index (χ3v) is 1.71. The molecule has 2 N–H and O–H groups in total. The van der Waals surface area contributed by atoms with Crippen molar-refractivity contribution >= 4 is 12.0 Å². The molecule has 88 valence electrons. The number of urea groups is 1. The van der Waals surface area contributed by atoms with Crippen LogP contribution in [0.2, 0.25) is 0 Å². The fourth-order valence-corrected chi connectivity index (χ4v) is 0.706. The van der Waals surface area contributed by atoms with Crippen molar-refractivity contribution in [2.45, 2.75) is 25.8 Å². The van der Waals surface area contributed by atoms with Crippen LogP contribution in [0.25, 0.3) is 0 Å². The van der Waals surface area contributed by atoms with Crippen LogP contribution in [0.15, 0.2) is 0 Å². The molecule has 0 aromatic heterocycles. The lowest BCUT2D eigenvalue weighted by Gasteiger charge is -2.25. The highest BCUT2D eigenvalue weighted by Crippen LogP contribution is 2.04. The topological polar surface area (TPSA) is 69.6 Å². The van der Waals surface area contributed by atoms with Gasteiger partial charge < -0.3 is 15.3 Å². The second-order valence-electron chi connectivity index (χ2n) is 3.63. The zero-order valence-corrected chi connectivity index (χ0v) is 8.75. The fourth-order valence-electron chi connectivity index (χ4n) is 0.706. The lowest BCUT2D eigenvalue weighted by atomic mass is 10.1. The molecule has 7 heteroatoms. The number of nitrogens with zero attached hydrogens (tertiary/aromatic N) is 1. The second kappa shape index (κ2) is 4.90. The SMILES string of the molecule is CN(CC(F)F)C(=O)NC(C)(C)C(=O)O. The summed E-state index contributed by atoms with van der Waals surface area (Å²) in [5, 5.41) is 10.8. The Balaban J connectivity index is 4.30. The summed E-state index contributed by atoms with van der Waals surface area (Å²) < 4.78 is 23.8. The van der Waals surface area contributed by atoms with Gasteiger partial charge >= 0.3 is 12.0 Å². The molecule has 0 aliphatic rings. The maximum Gasteiger partial charge on any atom is 0.328 e. The van der Waals surface area contributed by atoms with E-state index >= 15 is 0 Å². The summed E-state index contributed by atoms with van der Waals surface area (Å²) >= 11 is 0. The predicted molar refractivity (Wildman–Crippen MR) is 48.9 cm³/mol. The van der Waals surface area contributed by atoms with Gasteiger partial charge in [-0.3, -0.25) is 0 Å². The molecule has 0 heterocycles. The van der Waals surface area contributed by atoms with Crippen LogP contribution >= 0.6 is 0 Å². The van der Waals surface area contributed by atoms with Gasteiger partial charge in [-0.1, -0.05) is 0 Å². The minimum atomic E-state index is -2.64. The molecular weight excluding hydrogens is 210 g/mol. The summed E-state index contributed by atoms with van der Waals surface area (Å²) in [5.74, 6) is -1.23. The van der Waals surface area contributed by atoms with Gasteiger partial charge in [0, 0.05) is 7.05 Å². The van der Waals surface area contributed by atoms with Crippen molar-refractivity contribution in [2.24, 2.45) is 0 Å². The van der Waals surface area contributed by atoms with Crippen molar-refractivity contribution in [3.63, 3.8) is 0 Å². The van der Waals surface area contributed by atoms with Gasteiger partial charge in [-0.05, 0) is 13.8 Å². The van der Waals surface area contributed by atoms with E-state index in [0.29, 0.717) is 0 Å². The Morgan fingerprint density at radius 2 is 1.93 bits per heavy atom. The summed E-state index contributed by atoms with van der Waals surface area (Å²) in [5.41, 5.74) is -1.48. The first-order valence-corrected chi connectivity index (χ1v) is 4.21. The Hall–Kier alpha value is -1.40. The lowest BCUT2D eigenvalue weighted by Crippen LogP contribution is -2.54. The second-order valence-corrected chi connectivity index (χ2v) is 3.63. The highest BCUT2D eigenvalue weighted by atomic mass is 19.3.